The molecule has 112 valence electrons. The van der Waals surface area contributed by atoms with E-state index in [2.05, 4.69) is 51.9 Å². The van der Waals surface area contributed by atoms with Crippen molar-refractivity contribution in [1.29, 1.82) is 0 Å². The third-order valence-corrected chi connectivity index (χ3v) is 3.95. The Morgan fingerprint density at radius 3 is 2.10 bits per heavy atom. The summed E-state index contributed by atoms with van der Waals surface area (Å²) in [5.41, 5.74) is 8.25. The van der Waals surface area contributed by atoms with E-state index in [4.69, 9.17) is 10.9 Å². The molecular weight excluding hydrogens is 248 g/mol. The number of amidine groups is 1. The molecule has 0 spiro atoms. The fourth-order valence-corrected chi connectivity index (χ4v) is 2.89. The largest absolute Gasteiger partial charge is 0.409 e. The molecule has 20 heavy (non-hydrogen) atoms. The number of rotatable bonds is 6. The van der Waals surface area contributed by atoms with Gasteiger partial charge in [0.25, 0.3) is 0 Å². The fraction of sp³-hybridized carbons (Fsp3) is 0.588. The van der Waals surface area contributed by atoms with Crippen molar-refractivity contribution in [3.63, 3.8) is 0 Å². The van der Waals surface area contributed by atoms with Gasteiger partial charge in [0.15, 0.2) is 5.84 Å². The van der Waals surface area contributed by atoms with E-state index in [0.717, 1.165) is 12.0 Å². The van der Waals surface area contributed by atoms with Gasteiger partial charge in [0.05, 0.1) is 0 Å². The Kier molecular flexibility index (Phi) is 5.21. The lowest BCUT2D eigenvalue weighted by atomic mass is 9.71. The van der Waals surface area contributed by atoms with Gasteiger partial charge in [-0.25, -0.2) is 0 Å². The average Bonchev–Trinajstić information content (AvgIpc) is 2.37. The van der Waals surface area contributed by atoms with Crippen LogP contribution in [0.25, 0.3) is 0 Å². The molecule has 0 aliphatic carbocycles. The average molecular weight is 276 g/mol. The van der Waals surface area contributed by atoms with Crippen molar-refractivity contribution in [1.82, 2.24) is 0 Å². The van der Waals surface area contributed by atoms with Crippen LogP contribution in [-0.4, -0.2) is 11.0 Å². The normalized spacial score (nSPS) is 13.6. The van der Waals surface area contributed by atoms with Crippen LogP contribution >= 0.6 is 0 Å². The molecular formula is C17H28N2O. The van der Waals surface area contributed by atoms with Gasteiger partial charge in [-0.15, -0.1) is 0 Å². The molecule has 0 saturated carbocycles. The summed E-state index contributed by atoms with van der Waals surface area (Å²) < 4.78 is 0. The summed E-state index contributed by atoms with van der Waals surface area (Å²) >= 11 is 0. The third kappa shape index (κ3) is 4.87. The first-order chi connectivity index (χ1) is 9.19. The first kappa shape index (κ1) is 16.5. The van der Waals surface area contributed by atoms with Gasteiger partial charge < -0.3 is 10.9 Å². The van der Waals surface area contributed by atoms with Crippen LogP contribution in [0.3, 0.4) is 0 Å². The molecule has 0 aliphatic rings. The maximum atomic E-state index is 8.66. The van der Waals surface area contributed by atoms with Gasteiger partial charge in [0.2, 0.25) is 0 Å². The summed E-state index contributed by atoms with van der Waals surface area (Å²) in [4.78, 5) is 0. The number of hydrogen-bond acceptors (Lipinski definition) is 2. The molecule has 0 bridgehead atoms. The van der Waals surface area contributed by atoms with Crippen molar-refractivity contribution >= 4 is 5.84 Å². The highest BCUT2D eigenvalue weighted by Gasteiger charge is 2.27. The lowest BCUT2D eigenvalue weighted by Gasteiger charge is -2.34. The molecule has 3 heteroatoms. The van der Waals surface area contributed by atoms with Crippen molar-refractivity contribution in [3.8, 4) is 0 Å². The molecule has 0 aromatic heterocycles. The lowest BCUT2D eigenvalue weighted by molar-refractivity contribution is 0.187. The van der Waals surface area contributed by atoms with Gasteiger partial charge in [-0.05, 0) is 29.2 Å². The minimum absolute atomic E-state index is 0.155. The highest BCUT2D eigenvalue weighted by molar-refractivity contribution is 5.96. The standard InChI is InChI=1S/C17H28N2O/c1-6-16(2,3)12-17(4,5)11-13-7-9-14(10-8-13)15(18)19-20/h7-10,20H,6,11-12H2,1-5H3,(H2,18,19). The van der Waals surface area contributed by atoms with E-state index in [9.17, 15) is 0 Å². The predicted octanol–water partition coefficient (Wildman–Crippen LogP) is 4.18. The molecule has 0 saturated heterocycles. The highest BCUT2D eigenvalue weighted by atomic mass is 16.4. The van der Waals surface area contributed by atoms with E-state index in [0.29, 0.717) is 5.41 Å². The Balaban J connectivity index is 2.77. The Morgan fingerprint density at radius 2 is 1.65 bits per heavy atom. The number of hydrogen-bond donors (Lipinski definition) is 2. The molecule has 0 aliphatic heterocycles. The minimum Gasteiger partial charge on any atom is -0.409 e. The molecule has 0 amide bonds. The van der Waals surface area contributed by atoms with Crippen LogP contribution in [0.2, 0.25) is 0 Å². The topological polar surface area (TPSA) is 58.6 Å². The molecule has 3 nitrogen and oxygen atoms in total. The maximum Gasteiger partial charge on any atom is 0.170 e. The summed E-state index contributed by atoms with van der Waals surface area (Å²) in [5.74, 6) is 0.155. The molecule has 1 rings (SSSR count). The number of benzene rings is 1. The SMILES string of the molecule is CCC(C)(C)CC(C)(C)Cc1ccc(C(N)=NO)cc1. The summed E-state index contributed by atoms with van der Waals surface area (Å²) in [6, 6.07) is 7.94. The quantitative estimate of drug-likeness (QED) is 0.354. The molecule has 0 heterocycles. The van der Waals surface area contributed by atoms with Gasteiger partial charge in [0, 0.05) is 5.56 Å². The molecule has 0 fully saturated rings. The second-order valence-electron chi connectivity index (χ2n) is 7.22. The lowest BCUT2D eigenvalue weighted by Crippen LogP contribution is -2.24. The summed E-state index contributed by atoms with van der Waals surface area (Å²) in [7, 11) is 0. The van der Waals surface area contributed by atoms with Gasteiger partial charge in [-0.3, -0.25) is 0 Å². The second kappa shape index (κ2) is 6.29. The van der Waals surface area contributed by atoms with Crippen molar-refractivity contribution in [3.05, 3.63) is 35.4 Å². The molecule has 1 aromatic carbocycles. The summed E-state index contributed by atoms with van der Waals surface area (Å²) in [6.07, 6.45) is 3.42. The predicted molar refractivity (Wildman–Crippen MR) is 85.1 cm³/mol. The van der Waals surface area contributed by atoms with Crippen LogP contribution in [0.1, 0.15) is 58.6 Å². The van der Waals surface area contributed by atoms with E-state index in [1.54, 1.807) is 0 Å². The molecule has 0 radical (unpaired) electrons. The number of nitrogens with two attached hydrogens (primary N) is 1. The zero-order valence-corrected chi connectivity index (χ0v) is 13.4. The number of nitrogens with zero attached hydrogens (tertiary/aromatic N) is 1. The van der Waals surface area contributed by atoms with Crippen LogP contribution < -0.4 is 5.73 Å². The molecule has 1 aromatic rings. The highest BCUT2D eigenvalue weighted by Crippen LogP contribution is 2.38. The van der Waals surface area contributed by atoms with Crippen LogP contribution in [0.5, 0.6) is 0 Å². The third-order valence-electron chi connectivity index (χ3n) is 3.95. The van der Waals surface area contributed by atoms with E-state index >= 15 is 0 Å². The molecule has 0 atom stereocenters. The van der Waals surface area contributed by atoms with E-state index in [-0.39, 0.29) is 11.3 Å². The van der Waals surface area contributed by atoms with Gasteiger partial charge >= 0.3 is 0 Å². The zero-order valence-electron chi connectivity index (χ0n) is 13.4. The fourth-order valence-electron chi connectivity index (χ4n) is 2.89. The Labute approximate surface area is 122 Å². The monoisotopic (exact) mass is 276 g/mol. The second-order valence-corrected chi connectivity index (χ2v) is 7.22. The summed E-state index contributed by atoms with van der Waals surface area (Å²) in [6.45, 7) is 11.6. The zero-order chi connectivity index (χ0) is 15.4. The van der Waals surface area contributed by atoms with Crippen molar-refractivity contribution in [2.24, 2.45) is 21.7 Å². The minimum atomic E-state index is 0.155. The smallest absolute Gasteiger partial charge is 0.170 e. The first-order valence-electron chi connectivity index (χ1n) is 7.26. The van der Waals surface area contributed by atoms with E-state index in [1.165, 1.54) is 18.4 Å². The van der Waals surface area contributed by atoms with Crippen LogP contribution in [0.15, 0.2) is 29.4 Å². The van der Waals surface area contributed by atoms with Crippen molar-refractivity contribution in [2.45, 2.75) is 53.9 Å². The Hall–Kier alpha value is -1.51. The Bertz CT molecular complexity index is 458. The molecule has 3 N–H and O–H groups in total. The number of oxime groups is 1. The van der Waals surface area contributed by atoms with Crippen LogP contribution in [-0.2, 0) is 6.42 Å². The molecule has 0 unspecified atom stereocenters. The van der Waals surface area contributed by atoms with Crippen molar-refractivity contribution < 1.29 is 5.21 Å². The van der Waals surface area contributed by atoms with E-state index in [1.807, 2.05) is 12.1 Å². The van der Waals surface area contributed by atoms with E-state index < -0.39 is 0 Å². The van der Waals surface area contributed by atoms with Gasteiger partial charge in [-0.1, -0.05) is 70.5 Å². The Morgan fingerprint density at radius 1 is 1.10 bits per heavy atom. The van der Waals surface area contributed by atoms with Crippen LogP contribution in [0.4, 0.5) is 0 Å². The van der Waals surface area contributed by atoms with Crippen molar-refractivity contribution in [2.75, 3.05) is 0 Å². The maximum absolute atomic E-state index is 8.66. The van der Waals surface area contributed by atoms with Gasteiger partial charge in [-0.2, -0.15) is 0 Å². The first-order valence-corrected chi connectivity index (χ1v) is 7.26. The summed E-state index contributed by atoms with van der Waals surface area (Å²) in [5, 5.41) is 11.7. The van der Waals surface area contributed by atoms with Gasteiger partial charge in [0.1, 0.15) is 0 Å². The van der Waals surface area contributed by atoms with Crippen LogP contribution in [0, 0.1) is 10.8 Å².